The maximum atomic E-state index is 12.4. The second kappa shape index (κ2) is 7.32. The molecule has 2 N–H and O–H groups in total. The zero-order valence-electron chi connectivity index (χ0n) is 14.1. The molecule has 6 heteroatoms. The summed E-state index contributed by atoms with van der Waals surface area (Å²) in [7, 11) is 0. The summed E-state index contributed by atoms with van der Waals surface area (Å²) in [6.07, 6.45) is 2.29. The first-order valence-electron chi connectivity index (χ1n) is 8.37. The summed E-state index contributed by atoms with van der Waals surface area (Å²) >= 11 is 1.51. The van der Waals surface area contributed by atoms with Crippen LogP contribution in [0.4, 0.5) is 10.8 Å². The summed E-state index contributed by atoms with van der Waals surface area (Å²) in [5, 5.41) is 13.1. The molecular weight excluding hydrogens is 322 g/mol. The number of aryl methyl sites for hydroxylation is 2. The van der Waals surface area contributed by atoms with Crippen LogP contribution in [0.5, 0.6) is 0 Å². The van der Waals surface area contributed by atoms with Crippen LogP contribution in [0.2, 0.25) is 0 Å². The Kier molecular flexibility index (Phi) is 5.16. The maximum Gasteiger partial charge on any atom is 0.257 e. The van der Waals surface area contributed by atoms with Gasteiger partial charge in [0.05, 0.1) is 11.8 Å². The van der Waals surface area contributed by atoms with E-state index in [1.807, 2.05) is 31.2 Å². The third-order valence-corrected chi connectivity index (χ3v) is 5.34. The molecule has 3 rings (SSSR count). The number of rotatable bonds is 4. The van der Waals surface area contributed by atoms with E-state index in [1.54, 1.807) is 0 Å². The minimum atomic E-state index is -0.180. The van der Waals surface area contributed by atoms with Crippen molar-refractivity contribution < 1.29 is 9.90 Å². The van der Waals surface area contributed by atoms with E-state index in [1.165, 1.54) is 11.3 Å². The molecule has 0 spiro atoms. The van der Waals surface area contributed by atoms with Crippen molar-refractivity contribution >= 4 is 28.1 Å². The number of nitrogens with zero attached hydrogens (tertiary/aromatic N) is 2. The normalized spacial score (nSPS) is 15.5. The molecule has 1 amide bonds. The minimum Gasteiger partial charge on any atom is -0.393 e. The van der Waals surface area contributed by atoms with E-state index < -0.39 is 0 Å². The standard InChI is InChI=1S/C18H23N3O2S/c1-3-16-12(2)24-18(19-16)20-17(23)13-4-6-14(7-5-13)21-10-8-15(22)9-11-21/h4-7,15,22H,3,8-11H2,1-2H3,(H,19,20,23). The number of aliphatic hydroxyl groups excluding tert-OH is 1. The van der Waals surface area contributed by atoms with Gasteiger partial charge in [-0.25, -0.2) is 4.98 Å². The molecule has 2 aromatic rings. The van der Waals surface area contributed by atoms with Crippen molar-refractivity contribution in [3.63, 3.8) is 0 Å². The number of carbonyl (C=O) groups excluding carboxylic acids is 1. The van der Waals surface area contributed by atoms with Gasteiger partial charge >= 0.3 is 0 Å². The van der Waals surface area contributed by atoms with Crippen LogP contribution in [-0.2, 0) is 6.42 Å². The number of carbonyl (C=O) groups is 1. The van der Waals surface area contributed by atoms with Gasteiger partial charge < -0.3 is 10.0 Å². The van der Waals surface area contributed by atoms with E-state index >= 15 is 0 Å². The summed E-state index contributed by atoms with van der Waals surface area (Å²) in [5.74, 6) is -0.132. The third-order valence-electron chi connectivity index (χ3n) is 4.41. The van der Waals surface area contributed by atoms with Crippen LogP contribution in [0.25, 0.3) is 0 Å². The lowest BCUT2D eigenvalue weighted by Crippen LogP contribution is -2.35. The fourth-order valence-electron chi connectivity index (χ4n) is 2.93. The molecule has 0 radical (unpaired) electrons. The molecule has 0 aliphatic carbocycles. The Morgan fingerprint density at radius 1 is 1.33 bits per heavy atom. The number of amides is 1. The smallest absolute Gasteiger partial charge is 0.257 e. The van der Waals surface area contributed by atoms with Gasteiger partial charge in [-0.1, -0.05) is 6.92 Å². The highest BCUT2D eigenvalue weighted by molar-refractivity contribution is 7.15. The van der Waals surface area contributed by atoms with Crippen LogP contribution in [0.1, 0.15) is 40.7 Å². The van der Waals surface area contributed by atoms with Crippen LogP contribution in [0.3, 0.4) is 0 Å². The summed E-state index contributed by atoms with van der Waals surface area (Å²) in [5.41, 5.74) is 2.76. The topological polar surface area (TPSA) is 65.5 Å². The van der Waals surface area contributed by atoms with Crippen molar-refractivity contribution in [1.82, 2.24) is 4.98 Å². The SMILES string of the molecule is CCc1nc(NC(=O)c2ccc(N3CCC(O)CC3)cc2)sc1C. The van der Waals surface area contributed by atoms with Gasteiger partial charge in [0.25, 0.3) is 5.91 Å². The maximum absolute atomic E-state index is 12.4. The summed E-state index contributed by atoms with van der Waals surface area (Å²) in [6.45, 7) is 5.79. The van der Waals surface area contributed by atoms with Crippen molar-refractivity contribution in [3.05, 3.63) is 40.4 Å². The van der Waals surface area contributed by atoms with Gasteiger partial charge in [-0.15, -0.1) is 11.3 Å². The van der Waals surface area contributed by atoms with E-state index in [0.717, 1.165) is 48.6 Å². The number of thiazole rings is 1. The second-order valence-corrected chi connectivity index (χ2v) is 7.30. The second-order valence-electron chi connectivity index (χ2n) is 6.09. The molecular formula is C18H23N3O2S. The van der Waals surface area contributed by atoms with Crippen molar-refractivity contribution in [2.24, 2.45) is 0 Å². The number of anilines is 2. The van der Waals surface area contributed by atoms with Gasteiger partial charge in [0.15, 0.2) is 5.13 Å². The number of piperidine rings is 1. The number of benzene rings is 1. The van der Waals surface area contributed by atoms with Crippen LogP contribution < -0.4 is 10.2 Å². The van der Waals surface area contributed by atoms with E-state index in [9.17, 15) is 9.90 Å². The quantitative estimate of drug-likeness (QED) is 0.893. The number of aliphatic hydroxyl groups is 1. The van der Waals surface area contributed by atoms with E-state index in [0.29, 0.717) is 10.7 Å². The number of hydrogen-bond donors (Lipinski definition) is 2. The zero-order valence-corrected chi connectivity index (χ0v) is 14.9. The molecule has 0 atom stereocenters. The molecule has 24 heavy (non-hydrogen) atoms. The fraction of sp³-hybridized carbons (Fsp3) is 0.444. The Balaban J connectivity index is 1.65. The van der Waals surface area contributed by atoms with E-state index in [2.05, 4.69) is 22.1 Å². The van der Waals surface area contributed by atoms with E-state index in [4.69, 9.17) is 0 Å². The van der Waals surface area contributed by atoms with E-state index in [-0.39, 0.29) is 12.0 Å². The molecule has 1 aromatic carbocycles. The summed E-state index contributed by atoms with van der Waals surface area (Å²) in [6, 6.07) is 7.63. The molecule has 5 nitrogen and oxygen atoms in total. The highest BCUT2D eigenvalue weighted by atomic mass is 32.1. The molecule has 1 saturated heterocycles. The average molecular weight is 345 g/mol. The van der Waals surface area contributed by atoms with Crippen molar-refractivity contribution in [2.45, 2.75) is 39.2 Å². The Hall–Kier alpha value is -1.92. The lowest BCUT2D eigenvalue weighted by Gasteiger charge is -2.31. The molecule has 0 unspecified atom stereocenters. The van der Waals surface area contributed by atoms with Gasteiger partial charge in [0.2, 0.25) is 0 Å². The predicted octanol–water partition coefficient (Wildman–Crippen LogP) is 3.23. The molecule has 2 heterocycles. The Labute approximate surface area is 146 Å². The monoisotopic (exact) mass is 345 g/mol. The average Bonchev–Trinajstić information content (AvgIpc) is 2.95. The van der Waals surface area contributed by atoms with Gasteiger partial charge in [-0.3, -0.25) is 10.1 Å². The Morgan fingerprint density at radius 3 is 2.58 bits per heavy atom. The van der Waals surface area contributed by atoms with Crippen molar-refractivity contribution in [3.8, 4) is 0 Å². The lowest BCUT2D eigenvalue weighted by molar-refractivity contribution is 0.102. The highest BCUT2D eigenvalue weighted by Crippen LogP contribution is 2.24. The molecule has 1 aliphatic heterocycles. The van der Waals surface area contributed by atoms with Gasteiger partial charge in [0, 0.05) is 29.2 Å². The number of aromatic nitrogens is 1. The molecule has 0 saturated carbocycles. The fourth-order valence-corrected chi connectivity index (χ4v) is 3.82. The number of hydrogen-bond acceptors (Lipinski definition) is 5. The predicted molar refractivity (Wildman–Crippen MR) is 98.1 cm³/mol. The summed E-state index contributed by atoms with van der Waals surface area (Å²) in [4.78, 5) is 20.2. The van der Waals surface area contributed by atoms with Crippen LogP contribution in [0.15, 0.2) is 24.3 Å². The first-order valence-corrected chi connectivity index (χ1v) is 9.19. The van der Waals surface area contributed by atoms with Gasteiger partial charge in [-0.05, 0) is 50.5 Å². The molecule has 1 fully saturated rings. The molecule has 128 valence electrons. The Morgan fingerprint density at radius 2 is 2.00 bits per heavy atom. The first kappa shape index (κ1) is 16.9. The first-order chi connectivity index (χ1) is 11.6. The molecule has 0 bridgehead atoms. The Bertz CT molecular complexity index is 704. The molecule has 1 aliphatic rings. The van der Waals surface area contributed by atoms with Crippen molar-refractivity contribution in [2.75, 3.05) is 23.3 Å². The van der Waals surface area contributed by atoms with Gasteiger partial charge in [-0.2, -0.15) is 0 Å². The third kappa shape index (κ3) is 3.76. The van der Waals surface area contributed by atoms with Crippen LogP contribution in [0, 0.1) is 6.92 Å². The molecule has 1 aromatic heterocycles. The highest BCUT2D eigenvalue weighted by Gasteiger charge is 2.17. The summed E-state index contributed by atoms with van der Waals surface area (Å²) < 4.78 is 0. The minimum absolute atomic E-state index is 0.132. The number of nitrogens with one attached hydrogen (secondary N) is 1. The lowest BCUT2D eigenvalue weighted by atomic mass is 10.1. The van der Waals surface area contributed by atoms with Gasteiger partial charge in [0.1, 0.15) is 0 Å². The zero-order chi connectivity index (χ0) is 17.1. The largest absolute Gasteiger partial charge is 0.393 e. The van der Waals surface area contributed by atoms with Crippen molar-refractivity contribution in [1.29, 1.82) is 0 Å². The van der Waals surface area contributed by atoms with Crippen LogP contribution in [-0.4, -0.2) is 35.2 Å². The van der Waals surface area contributed by atoms with Crippen LogP contribution >= 0.6 is 11.3 Å².